The predicted octanol–water partition coefficient (Wildman–Crippen LogP) is 0.738. The molecule has 0 aromatic carbocycles. The molecule has 64 valence electrons. The Morgan fingerprint density at radius 3 is 2.36 bits per heavy atom. The van der Waals surface area contributed by atoms with Crippen LogP contribution in [0.15, 0.2) is 0 Å². The van der Waals surface area contributed by atoms with Gasteiger partial charge in [0.25, 0.3) is 0 Å². The molecule has 0 spiro atoms. The van der Waals surface area contributed by atoms with Gasteiger partial charge in [0.2, 0.25) is 5.91 Å². The minimum absolute atomic E-state index is 0.0317. The molecule has 1 N–H and O–H groups in total. The first-order valence-corrected chi connectivity index (χ1v) is 3.66. The van der Waals surface area contributed by atoms with Gasteiger partial charge in [-0.3, -0.25) is 4.79 Å². The Bertz CT molecular complexity index is 147. The molecule has 0 fully saturated rings. The molecular weight excluding hydrogens is 142 g/mol. The number of hydrogen-bond donors (Lipinski definition) is 1. The van der Waals surface area contributed by atoms with Gasteiger partial charge in [-0.1, -0.05) is 20.8 Å². The highest BCUT2D eigenvalue weighted by molar-refractivity contribution is 5.87. The highest BCUT2D eigenvalue weighted by Crippen LogP contribution is 2.09. The molecule has 0 unspecified atom stereocenters. The Labute approximate surface area is 67.2 Å². The van der Waals surface area contributed by atoms with Gasteiger partial charge < -0.3 is 10.1 Å². The lowest BCUT2D eigenvalue weighted by Crippen LogP contribution is -2.32. The number of carbonyl (C=O) groups is 2. The number of rotatable bonds is 3. The lowest BCUT2D eigenvalue weighted by Gasteiger charge is -2.17. The van der Waals surface area contributed by atoms with Crippen molar-refractivity contribution in [1.82, 2.24) is 5.32 Å². The zero-order chi connectivity index (χ0) is 8.91. The molecule has 0 saturated carbocycles. The monoisotopic (exact) mass is 157 g/mol. The minimum Gasteiger partial charge on any atom is -0.355 e. The zero-order valence-corrected chi connectivity index (χ0v) is 7.31. The van der Waals surface area contributed by atoms with Crippen molar-refractivity contribution in [3.8, 4) is 0 Å². The van der Waals surface area contributed by atoms with E-state index in [0.29, 0.717) is 12.8 Å². The molecule has 3 heteroatoms. The molecule has 0 aromatic rings. The second-order valence-electron chi connectivity index (χ2n) is 3.71. The zero-order valence-electron chi connectivity index (χ0n) is 7.31. The van der Waals surface area contributed by atoms with Crippen molar-refractivity contribution in [3.63, 3.8) is 0 Å². The molecule has 0 saturated heterocycles. The van der Waals surface area contributed by atoms with Gasteiger partial charge in [-0.2, -0.15) is 0 Å². The Balaban J connectivity index is 3.54. The fourth-order valence-corrected chi connectivity index (χ4v) is 0.512. The molecule has 0 aliphatic carbocycles. The van der Waals surface area contributed by atoms with Crippen LogP contribution in [-0.2, 0) is 9.59 Å². The summed E-state index contributed by atoms with van der Waals surface area (Å²) in [7, 11) is 0. The fourth-order valence-electron chi connectivity index (χ4n) is 0.512. The largest absolute Gasteiger partial charge is 0.355 e. The van der Waals surface area contributed by atoms with Crippen LogP contribution >= 0.6 is 0 Å². The first kappa shape index (κ1) is 10.1. The lowest BCUT2D eigenvalue weighted by atomic mass is 9.97. The third-order valence-electron chi connectivity index (χ3n) is 1.08. The van der Waals surface area contributed by atoms with Crippen molar-refractivity contribution >= 4 is 12.2 Å². The highest BCUT2D eigenvalue weighted by Gasteiger charge is 2.10. The van der Waals surface area contributed by atoms with E-state index in [2.05, 4.69) is 5.32 Å². The molecule has 0 aromatic heterocycles. The van der Waals surface area contributed by atoms with E-state index in [-0.39, 0.29) is 17.7 Å². The number of hydrogen-bond acceptors (Lipinski definition) is 2. The van der Waals surface area contributed by atoms with E-state index in [4.69, 9.17) is 0 Å². The molecule has 0 rings (SSSR count). The van der Waals surface area contributed by atoms with Gasteiger partial charge in [0.05, 0.1) is 6.42 Å². The molecule has 0 aliphatic heterocycles. The molecule has 3 nitrogen and oxygen atoms in total. The quantitative estimate of drug-likeness (QED) is 0.485. The fraction of sp³-hybridized carbons (Fsp3) is 0.750. The molecule has 0 atom stereocenters. The summed E-state index contributed by atoms with van der Waals surface area (Å²) in [6.45, 7) is 6.68. The van der Waals surface area contributed by atoms with Crippen molar-refractivity contribution in [2.24, 2.45) is 5.41 Å². The summed E-state index contributed by atoms with van der Waals surface area (Å²) in [5.41, 5.74) is 0.0819. The maximum Gasteiger partial charge on any atom is 0.227 e. The van der Waals surface area contributed by atoms with Crippen molar-refractivity contribution in [2.45, 2.75) is 27.2 Å². The Morgan fingerprint density at radius 1 is 1.45 bits per heavy atom. The predicted molar refractivity (Wildman–Crippen MR) is 43.1 cm³/mol. The van der Waals surface area contributed by atoms with Crippen LogP contribution < -0.4 is 5.32 Å². The van der Waals surface area contributed by atoms with Gasteiger partial charge in [-0.25, -0.2) is 0 Å². The molecular formula is C8H15NO2. The lowest BCUT2D eigenvalue weighted by molar-refractivity contribution is -0.124. The highest BCUT2D eigenvalue weighted by atomic mass is 16.2. The first-order chi connectivity index (χ1) is 4.95. The third kappa shape index (κ3) is 7.03. The van der Waals surface area contributed by atoms with Crippen LogP contribution in [0.25, 0.3) is 0 Å². The molecule has 0 heterocycles. The topological polar surface area (TPSA) is 46.2 Å². The summed E-state index contributed by atoms with van der Waals surface area (Å²) in [5.74, 6) is -0.199. The van der Waals surface area contributed by atoms with Gasteiger partial charge in [-0.05, 0) is 5.41 Å². The van der Waals surface area contributed by atoms with E-state index in [1.807, 2.05) is 20.8 Å². The van der Waals surface area contributed by atoms with Gasteiger partial charge in [0.15, 0.2) is 0 Å². The average Bonchev–Trinajstić information content (AvgIpc) is 1.83. The van der Waals surface area contributed by atoms with Gasteiger partial charge >= 0.3 is 0 Å². The van der Waals surface area contributed by atoms with Crippen LogP contribution in [0.4, 0.5) is 0 Å². The van der Waals surface area contributed by atoms with Gasteiger partial charge in [0.1, 0.15) is 6.29 Å². The summed E-state index contributed by atoms with van der Waals surface area (Å²) in [6, 6.07) is 0. The van der Waals surface area contributed by atoms with Crippen LogP contribution in [0.2, 0.25) is 0 Å². The SMILES string of the molecule is CC(C)(C)CNC(=O)CC=O. The maximum atomic E-state index is 10.7. The van der Waals surface area contributed by atoms with E-state index in [0.717, 1.165) is 0 Å². The van der Waals surface area contributed by atoms with Gasteiger partial charge in [-0.15, -0.1) is 0 Å². The van der Waals surface area contributed by atoms with E-state index >= 15 is 0 Å². The Kier molecular flexibility index (Phi) is 3.79. The summed E-state index contributed by atoms with van der Waals surface area (Å²) in [5, 5.41) is 2.65. The Morgan fingerprint density at radius 2 is 2.00 bits per heavy atom. The second-order valence-corrected chi connectivity index (χ2v) is 3.71. The molecule has 11 heavy (non-hydrogen) atoms. The standard InChI is InChI=1S/C8H15NO2/c1-8(2,3)6-9-7(11)4-5-10/h5H,4,6H2,1-3H3,(H,9,11). The normalized spacial score (nSPS) is 10.8. The van der Waals surface area contributed by atoms with E-state index in [1.165, 1.54) is 0 Å². The van der Waals surface area contributed by atoms with Crippen molar-refractivity contribution in [3.05, 3.63) is 0 Å². The molecule has 0 aliphatic rings. The first-order valence-electron chi connectivity index (χ1n) is 3.66. The van der Waals surface area contributed by atoms with Crippen LogP contribution in [0.5, 0.6) is 0 Å². The minimum atomic E-state index is -0.199. The van der Waals surface area contributed by atoms with Crippen LogP contribution in [-0.4, -0.2) is 18.7 Å². The third-order valence-corrected chi connectivity index (χ3v) is 1.08. The van der Waals surface area contributed by atoms with Crippen LogP contribution in [0, 0.1) is 5.41 Å². The van der Waals surface area contributed by atoms with Crippen molar-refractivity contribution in [1.29, 1.82) is 0 Å². The summed E-state index contributed by atoms with van der Waals surface area (Å²) < 4.78 is 0. The average molecular weight is 157 g/mol. The number of aldehydes is 1. The van der Waals surface area contributed by atoms with Crippen LogP contribution in [0.3, 0.4) is 0 Å². The molecule has 0 radical (unpaired) electrons. The molecule has 1 amide bonds. The second kappa shape index (κ2) is 4.11. The van der Waals surface area contributed by atoms with Crippen molar-refractivity contribution < 1.29 is 9.59 Å². The smallest absolute Gasteiger partial charge is 0.227 e. The number of amides is 1. The van der Waals surface area contributed by atoms with E-state index in [9.17, 15) is 9.59 Å². The van der Waals surface area contributed by atoms with E-state index in [1.54, 1.807) is 0 Å². The van der Waals surface area contributed by atoms with E-state index < -0.39 is 0 Å². The summed E-state index contributed by atoms with van der Waals surface area (Å²) >= 11 is 0. The summed E-state index contributed by atoms with van der Waals surface area (Å²) in [6.07, 6.45) is 0.577. The molecule has 0 bridgehead atoms. The number of nitrogens with one attached hydrogen (secondary N) is 1. The summed E-state index contributed by atoms with van der Waals surface area (Å²) in [4.78, 5) is 20.6. The maximum absolute atomic E-state index is 10.7. The number of carbonyl (C=O) groups excluding carboxylic acids is 2. The van der Waals surface area contributed by atoms with Gasteiger partial charge in [0, 0.05) is 6.54 Å². The Hall–Kier alpha value is -0.860. The van der Waals surface area contributed by atoms with Crippen molar-refractivity contribution in [2.75, 3.05) is 6.54 Å². The van der Waals surface area contributed by atoms with Crippen LogP contribution in [0.1, 0.15) is 27.2 Å².